The highest BCUT2D eigenvalue weighted by Gasteiger charge is 2.19. The standard InChI is InChI=1S/C65H114O6/c1-4-7-10-13-16-19-22-24-25-26-27-28-29-30-31-32-33-34-35-36-37-38-39-41-43-46-49-52-55-58-64(67)70-61-62(60-69-63(66)57-54-51-48-45-42-21-18-15-12-9-6-3)71-65(68)59-56-53-50-47-44-40-23-20-17-14-11-8-5-2/h7,10,15-16,18-19,24-25,27-28,30-31,62H,4-6,8-9,11-14,17,20-23,26,29,32-61H2,1-3H3/b10-7-,18-15-,19-16-,25-24-,28-27-,31-30-. The Morgan fingerprint density at radius 2 is 0.563 bits per heavy atom. The summed E-state index contributed by atoms with van der Waals surface area (Å²) in [5, 5.41) is 0. The van der Waals surface area contributed by atoms with E-state index in [2.05, 4.69) is 93.7 Å². The molecule has 6 heteroatoms. The van der Waals surface area contributed by atoms with E-state index in [1.807, 2.05) is 0 Å². The van der Waals surface area contributed by atoms with Crippen LogP contribution in [0.1, 0.15) is 303 Å². The summed E-state index contributed by atoms with van der Waals surface area (Å²) in [6, 6.07) is 0. The van der Waals surface area contributed by atoms with Crippen molar-refractivity contribution in [2.24, 2.45) is 0 Å². The zero-order valence-electron chi connectivity index (χ0n) is 47.0. The number of rotatable bonds is 55. The van der Waals surface area contributed by atoms with Gasteiger partial charge in [-0.15, -0.1) is 0 Å². The second kappa shape index (κ2) is 59.4. The van der Waals surface area contributed by atoms with Crippen molar-refractivity contribution in [2.75, 3.05) is 13.2 Å². The Morgan fingerprint density at radius 3 is 0.915 bits per heavy atom. The topological polar surface area (TPSA) is 78.9 Å². The SMILES string of the molecule is CC/C=C\C/C=C\C/C=C\C/C=C\C/C=C\CCCCCCCCCCCCCCCC(=O)OCC(COC(=O)CCCCCCC/C=C\CCCC)OC(=O)CCCCCCCCCCCCCCC. The third kappa shape index (κ3) is 57.6. The Bertz CT molecular complexity index is 1320. The van der Waals surface area contributed by atoms with E-state index in [9.17, 15) is 14.4 Å². The summed E-state index contributed by atoms with van der Waals surface area (Å²) < 4.78 is 16.9. The number of carbonyl (C=O) groups is 3. The number of esters is 3. The van der Waals surface area contributed by atoms with Crippen LogP contribution in [-0.4, -0.2) is 37.2 Å². The molecule has 0 radical (unpaired) electrons. The molecule has 1 unspecified atom stereocenters. The van der Waals surface area contributed by atoms with Crippen LogP contribution in [-0.2, 0) is 28.6 Å². The zero-order valence-corrected chi connectivity index (χ0v) is 47.0. The summed E-state index contributed by atoms with van der Waals surface area (Å²) in [5.74, 6) is -0.874. The van der Waals surface area contributed by atoms with E-state index in [1.54, 1.807) is 0 Å². The highest BCUT2D eigenvalue weighted by molar-refractivity contribution is 5.71. The first-order valence-electron chi connectivity index (χ1n) is 30.4. The lowest BCUT2D eigenvalue weighted by atomic mass is 10.0. The first kappa shape index (κ1) is 67.8. The third-order valence-electron chi connectivity index (χ3n) is 13.2. The van der Waals surface area contributed by atoms with Crippen LogP contribution in [0.2, 0.25) is 0 Å². The van der Waals surface area contributed by atoms with Gasteiger partial charge in [-0.3, -0.25) is 14.4 Å². The average molecular weight is 992 g/mol. The van der Waals surface area contributed by atoms with Crippen LogP contribution in [0.4, 0.5) is 0 Å². The molecular formula is C65H114O6. The third-order valence-corrected chi connectivity index (χ3v) is 13.2. The fourth-order valence-electron chi connectivity index (χ4n) is 8.63. The van der Waals surface area contributed by atoms with Gasteiger partial charge in [0.05, 0.1) is 0 Å². The van der Waals surface area contributed by atoms with Gasteiger partial charge < -0.3 is 14.2 Å². The fourth-order valence-corrected chi connectivity index (χ4v) is 8.63. The molecule has 0 heterocycles. The maximum atomic E-state index is 12.8. The molecule has 0 rings (SSSR count). The molecule has 0 amide bonds. The first-order valence-corrected chi connectivity index (χ1v) is 30.4. The van der Waals surface area contributed by atoms with Crippen LogP contribution < -0.4 is 0 Å². The van der Waals surface area contributed by atoms with Crippen LogP contribution in [0.25, 0.3) is 0 Å². The van der Waals surface area contributed by atoms with Gasteiger partial charge in [-0.2, -0.15) is 0 Å². The van der Waals surface area contributed by atoms with Gasteiger partial charge in [0, 0.05) is 19.3 Å². The van der Waals surface area contributed by atoms with E-state index in [0.717, 1.165) is 96.3 Å². The van der Waals surface area contributed by atoms with E-state index >= 15 is 0 Å². The van der Waals surface area contributed by atoms with Gasteiger partial charge in [-0.05, 0) is 83.5 Å². The van der Waals surface area contributed by atoms with Crippen molar-refractivity contribution < 1.29 is 28.6 Å². The minimum Gasteiger partial charge on any atom is -0.462 e. The number of hydrogen-bond acceptors (Lipinski definition) is 6. The Balaban J connectivity index is 4.16. The molecule has 0 fully saturated rings. The maximum absolute atomic E-state index is 12.8. The first-order chi connectivity index (χ1) is 35.0. The molecule has 0 aromatic rings. The van der Waals surface area contributed by atoms with Crippen LogP contribution in [0.15, 0.2) is 72.9 Å². The summed E-state index contributed by atoms with van der Waals surface area (Å²) >= 11 is 0. The van der Waals surface area contributed by atoms with Crippen LogP contribution in [0.3, 0.4) is 0 Å². The van der Waals surface area contributed by atoms with E-state index in [4.69, 9.17) is 14.2 Å². The molecule has 0 aliphatic carbocycles. The summed E-state index contributed by atoms with van der Waals surface area (Å²) in [6.45, 7) is 6.50. The molecule has 0 N–H and O–H groups in total. The summed E-state index contributed by atoms with van der Waals surface area (Å²) in [6.07, 6.45) is 76.2. The van der Waals surface area contributed by atoms with E-state index in [1.165, 1.54) is 167 Å². The predicted octanol–water partition coefficient (Wildman–Crippen LogP) is 20.5. The van der Waals surface area contributed by atoms with Gasteiger partial charge in [-0.25, -0.2) is 0 Å². The molecule has 6 nitrogen and oxygen atoms in total. The number of carbonyl (C=O) groups excluding carboxylic acids is 3. The molecule has 0 aromatic heterocycles. The summed E-state index contributed by atoms with van der Waals surface area (Å²) in [4.78, 5) is 38.1. The minimum absolute atomic E-state index is 0.0749. The van der Waals surface area contributed by atoms with Gasteiger partial charge in [-0.1, -0.05) is 273 Å². The molecule has 410 valence electrons. The molecule has 0 saturated carbocycles. The van der Waals surface area contributed by atoms with Gasteiger partial charge in [0.25, 0.3) is 0 Å². The van der Waals surface area contributed by atoms with Crippen LogP contribution >= 0.6 is 0 Å². The normalized spacial score (nSPS) is 12.5. The van der Waals surface area contributed by atoms with E-state index in [0.29, 0.717) is 19.3 Å². The second-order valence-corrected chi connectivity index (χ2v) is 20.2. The Labute approximate surface area is 440 Å². The number of allylic oxidation sites excluding steroid dienone is 12. The monoisotopic (exact) mass is 991 g/mol. The number of ether oxygens (including phenoxy) is 3. The number of hydrogen-bond donors (Lipinski definition) is 0. The van der Waals surface area contributed by atoms with Crippen molar-refractivity contribution in [2.45, 2.75) is 309 Å². The quantitative estimate of drug-likeness (QED) is 0.0261. The molecule has 0 aromatic carbocycles. The number of unbranched alkanes of at least 4 members (excludes halogenated alkanes) is 32. The van der Waals surface area contributed by atoms with Crippen molar-refractivity contribution in [3.63, 3.8) is 0 Å². The molecule has 0 aliphatic heterocycles. The second-order valence-electron chi connectivity index (χ2n) is 20.2. The van der Waals surface area contributed by atoms with E-state index in [-0.39, 0.29) is 31.1 Å². The lowest BCUT2D eigenvalue weighted by Crippen LogP contribution is -2.30. The van der Waals surface area contributed by atoms with Gasteiger partial charge in [0.15, 0.2) is 6.10 Å². The minimum atomic E-state index is -0.775. The molecular weight excluding hydrogens is 877 g/mol. The molecule has 71 heavy (non-hydrogen) atoms. The largest absolute Gasteiger partial charge is 0.462 e. The van der Waals surface area contributed by atoms with Gasteiger partial charge in [0.2, 0.25) is 0 Å². The van der Waals surface area contributed by atoms with Gasteiger partial charge in [0.1, 0.15) is 13.2 Å². The molecule has 1 atom stereocenters. The fraction of sp³-hybridized carbons (Fsp3) is 0.769. The van der Waals surface area contributed by atoms with Crippen molar-refractivity contribution in [3.8, 4) is 0 Å². The summed E-state index contributed by atoms with van der Waals surface area (Å²) in [5.41, 5.74) is 0. The lowest BCUT2D eigenvalue weighted by molar-refractivity contribution is -0.167. The maximum Gasteiger partial charge on any atom is 0.306 e. The van der Waals surface area contributed by atoms with Crippen molar-refractivity contribution >= 4 is 17.9 Å². The Kier molecular flexibility index (Phi) is 56.8. The summed E-state index contributed by atoms with van der Waals surface area (Å²) in [7, 11) is 0. The van der Waals surface area contributed by atoms with Crippen LogP contribution in [0.5, 0.6) is 0 Å². The average Bonchev–Trinajstić information content (AvgIpc) is 3.37. The Hall–Kier alpha value is -3.15. The van der Waals surface area contributed by atoms with Crippen LogP contribution in [0, 0.1) is 0 Å². The zero-order chi connectivity index (χ0) is 51.4. The molecule has 0 saturated heterocycles. The van der Waals surface area contributed by atoms with Crippen molar-refractivity contribution in [1.82, 2.24) is 0 Å². The molecule has 0 aliphatic rings. The molecule has 0 bridgehead atoms. The lowest BCUT2D eigenvalue weighted by Gasteiger charge is -2.18. The highest BCUT2D eigenvalue weighted by Crippen LogP contribution is 2.16. The van der Waals surface area contributed by atoms with Crippen molar-refractivity contribution in [1.29, 1.82) is 0 Å². The smallest absolute Gasteiger partial charge is 0.306 e. The van der Waals surface area contributed by atoms with E-state index < -0.39 is 6.10 Å². The Morgan fingerprint density at radius 1 is 0.296 bits per heavy atom. The highest BCUT2D eigenvalue weighted by atomic mass is 16.6. The predicted molar refractivity (Wildman–Crippen MR) is 307 cm³/mol. The molecule has 0 spiro atoms. The van der Waals surface area contributed by atoms with Crippen molar-refractivity contribution in [3.05, 3.63) is 72.9 Å². The van der Waals surface area contributed by atoms with Gasteiger partial charge >= 0.3 is 17.9 Å².